The zero-order valence-corrected chi connectivity index (χ0v) is 20.9. The van der Waals surface area contributed by atoms with Gasteiger partial charge in [0.2, 0.25) is 0 Å². The molecule has 0 aliphatic carbocycles. The average Bonchev–Trinajstić information content (AvgIpc) is 3.42. The lowest BCUT2D eigenvalue weighted by Gasteiger charge is -2.19. The van der Waals surface area contributed by atoms with Crippen LogP contribution >= 0.6 is 0 Å². The normalized spacial score (nSPS) is 17.1. The minimum absolute atomic E-state index is 0.0872. The van der Waals surface area contributed by atoms with Crippen LogP contribution in [0.2, 0.25) is 0 Å². The molecule has 36 heavy (non-hydrogen) atoms. The summed E-state index contributed by atoms with van der Waals surface area (Å²) in [7, 11) is -1.67. The predicted molar refractivity (Wildman–Crippen MR) is 143 cm³/mol. The minimum Gasteiger partial charge on any atom is -0.484 e. The van der Waals surface area contributed by atoms with Crippen molar-refractivity contribution in [3.05, 3.63) is 126 Å². The monoisotopic (exact) mass is 494 g/mol. The van der Waals surface area contributed by atoms with Crippen LogP contribution in [0.5, 0.6) is 5.75 Å². The number of sulfonamides is 1. The number of nitrogens with one attached hydrogen (secondary N) is 1. The van der Waals surface area contributed by atoms with Crippen molar-refractivity contribution in [1.82, 2.24) is 4.57 Å². The second-order valence-corrected chi connectivity index (χ2v) is 11.0. The highest BCUT2D eigenvalue weighted by atomic mass is 32.2. The van der Waals surface area contributed by atoms with Crippen molar-refractivity contribution in [1.29, 1.82) is 0 Å². The molecule has 6 rings (SSSR count). The third-order valence-electron chi connectivity index (χ3n) is 6.88. The molecule has 5 nitrogen and oxygen atoms in total. The lowest BCUT2D eigenvalue weighted by Crippen LogP contribution is -2.13. The number of hydrogen-bond donors (Lipinski definition) is 1. The van der Waals surface area contributed by atoms with Crippen molar-refractivity contribution in [2.75, 3.05) is 4.72 Å². The SMILES string of the molecule is Cc1ccc(S(=O)(=O)Nc2ccc3c(c2)[C@H](c2ccccc2)[C@@H](c2cn(C)c4ccccc24)O3)cc1. The van der Waals surface area contributed by atoms with Crippen LogP contribution in [0.25, 0.3) is 10.9 Å². The zero-order valence-electron chi connectivity index (χ0n) is 20.0. The number of ether oxygens (including phenoxy) is 1. The second kappa shape index (κ2) is 8.57. The molecule has 180 valence electrons. The van der Waals surface area contributed by atoms with Gasteiger partial charge in [-0.1, -0.05) is 66.2 Å². The summed E-state index contributed by atoms with van der Waals surface area (Å²) in [5, 5.41) is 1.15. The van der Waals surface area contributed by atoms with Gasteiger partial charge in [0.15, 0.2) is 0 Å². The molecule has 2 atom stereocenters. The van der Waals surface area contributed by atoms with Gasteiger partial charge in [-0.3, -0.25) is 4.72 Å². The molecule has 0 saturated heterocycles. The molecule has 1 N–H and O–H groups in total. The predicted octanol–water partition coefficient (Wildman–Crippen LogP) is 6.55. The summed E-state index contributed by atoms with van der Waals surface area (Å²) >= 11 is 0. The van der Waals surface area contributed by atoms with Crippen LogP contribution < -0.4 is 9.46 Å². The number of nitrogens with zero attached hydrogens (tertiary/aromatic N) is 1. The smallest absolute Gasteiger partial charge is 0.261 e. The summed E-state index contributed by atoms with van der Waals surface area (Å²) in [5.74, 6) is 0.677. The number of rotatable bonds is 5. The van der Waals surface area contributed by atoms with Crippen LogP contribution in [-0.2, 0) is 17.1 Å². The van der Waals surface area contributed by atoms with Crippen LogP contribution in [0, 0.1) is 6.92 Å². The molecule has 1 aliphatic heterocycles. The Balaban J connectivity index is 1.43. The molecule has 0 spiro atoms. The number of hydrogen-bond acceptors (Lipinski definition) is 3. The Morgan fingerprint density at radius 1 is 0.833 bits per heavy atom. The van der Waals surface area contributed by atoms with E-state index in [0.29, 0.717) is 5.69 Å². The van der Waals surface area contributed by atoms with Gasteiger partial charge >= 0.3 is 0 Å². The Morgan fingerprint density at radius 2 is 1.56 bits per heavy atom. The van der Waals surface area contributed by atoms with Crippen LogP contribution in [-0.4, -0.2) is 13.0 Å². The van der Waals surface area contributed by atoms with E-state index in [1.807, 2.05) is 56.4 Å². The summed E-state index contributed by atoms with van der Waals surface area (Å²) in [6.07, 6.45) is 1.90. The Labute approximate surface area is 211 Å². The molecule has 1 aliphatic rings. The molecule has 0 unspecified atom stereocenters. The maximum Gasteiger partial charge on any atom is 0.261 e. The van der Waals surface area contributed by atoms with E-state index < -0.39 is 10.0 Å². The molecule has 0 radical (unpaired) electrons. The topological polar surface area (TPSA) is 60.3 Å². The van der Waals surface area contributed by atoms with Crippen molar-refractivity contribution >= 4 is 26.6 Å². The molecule has 0 fully saturated rings. The van der Waals surface area contributed by atoms with E-state index >= 15 is 0 Å². The van der Waals surface area contributed by atoms with E-state index in [1.165, 1.54) is 0 Å². The van der Waals surface area contributed by atoms with Crippen molar-refractivity contribution in [3.8, 4) is 5.75 Å². The maximum atomic E-state index is 13.1. The Bertz CT molecular complexity index is 1670. The molecular formula is C30H26N2O3S. The highest BCUT2D eigenvalue weighted by Gasteiger charge is 2.38. The average molecular weight is 495 g/mol. The first-order valence-corrected chi connectivity index (χ1v) is 13.4. The van der Waals surface area contributed by atoms with Crippen molar-refractivity contribution in [2.45, 2.75) is 23.8 Å². The van der Waals surface area contributed by atoms with Crippen LogP contribution in [0.15, 0.2) is 108 Å². The van der Waals surface area contributed by atoms with E-state index in [1.54, 1.807) is 30.3 Å². The lowest BCUT2D eigenvalue weighted by atomic mass is 9.85. The fourth-order valence-electron chi connectivity index (χ4n) is 5.12. The van der Waals surface area contributed by atoms with Crippen molar-refractivity contribution < 1.29 is 13.2 Å². The number of aryl methyl sites for hydroxylation is 2. The maximum absolute atomic E-state index is 13.1. The fraction of sp³-hybridized carbons (Fsp3) is 0.133. The van der Waals surface area contributed by atoms with E-state index in [2.05, 4.69) is 39.8 Å². The number of para-hydroxylation sites is 1. The number of aromatic nitrogens is 1. The van der Waals surface area contributed by atoms with Gasteiger partial charge in [-0.25, -0.2) is 8.42 Å². The standard InChI is InChI=1S/C30H26N2O3S/c1-20-12-15-23(16-13-20)36(33,34)31-22-14-17-28-25(18-22)29(21-8-4-3-5-9-21)30(35-28)26-19-32(2)27-11-7-6-10-24(26)27/h3-19,29-31H,1-2H3/t29-,30+/m0/s1. The quantitative estimate of drug-likeness (QED) is 0.301. The molecule has 0 saturated carbocycles. The van der Waals surface area contributed by atoms with E-state index in [9.17, 15) is 8.42 Å². The molecule has 2 heterocycles. The van der Waals surface area contributed by atoms with Gasteiger partial charge in [0, 0.05) is 41.0 Å². The third kappa shape index (κ3) is 3.84. The summed E-state index contributed by atoms with van der Waals surface area (Å²) in [4.78, 5) is 0.234. The van der Waals surface area contributed by atoms with E-state index in [0.717, 1.165) is 38.9 Å². The highest BCUT2D eigenvalue weighted by Crippen LogP contribution is 2.51. The Morgan fingerprint density at radius 3 is 2.33 bits per heavy atom. The van der Waals surface area contributed by atoms with Crippen LogP contribution in [0.1, 0.15) is 34.3 Å². The number of benzene rings is 4. The Kier molecular flexibility index (Phi) is 5.34. The molecule has 4 aromatic carbocycles. The van der Waals surface area contributed by atoms with Crippen LogP contribution in [0.4, 0.5) is 5.69 Å². The molecule has 6 heteroatoms. The summed E-state index contributed by atoms with van der Waals surface area (Å²) in [6, 6.07) is 30.9. The largest absolute Gasteiger partial charge is 0.484 e. The van der Waals surface area contributed by atoms with Gasteiger partial charge in [0.25, 0.3) is 10.0 Å². The van der Waals surface area contributed by atoms with Gasteiger partial charge in [-0.05, 0) is 48.9 Å². The number of fused-ring (bicyclic) bond motifs is 2. The van der Waals surface area contributed by atoms with Crippen molar-refractivity contribution in [3.63, 3.8) is 0 Å². The van der Waals surface area contributed by atoms with Crippen LogP contribution in [0.3, 0.4) is 0 Å². The van der Waals surface area contributed by atoms with Gasteiger partial charge in [-0.15, -0.1) is 0 Å². The first kappa shape index (κ1) is 22.4. The first-order valence-electron chi connectivity index (χ1n) is 11.9. The van der Waals surface area contributed by atoms with Crippen molar-refractivity contribution in [2.24, 2.45) is 7.05 Å². The Hall–Kier alpha value is -4.03. The molecule has 0 bridgehead atoms. The fourth-order valence-corrected chi connectivity index (χ4v) is 6.17. The van der Waals surface area contributed by atoms with Gasteiger partial charge in [0.1, 0.15) is 11.9 Å². The van der Waals surface area contributed by atoms with E-state index in [-0.39, 0.29) is 16.9 Å². The lowest BCUT2D eigenvalue weighted by molar-refractivity contribution is 0.224. The highest BCUT2D eigenvalue weighted by molar-refractivity contribution is 7.92. The summed E-state index contributed by atoms with van der Waals surface area (Å²) < 4.78 is 37.6. The molecule has 1 aromatic heterocycles. The molecule has 0 amide bonds. The molecule has 5 aromatic rings. The summed E-state index contributed by atoms with van der Waals surface area (Å²) in [5.41, 5.74) is 5.85. The molecular weight excluding hydrogens is 468 g/mol. The van der Waals surface area contributed by atoms with Gasteiger partial charge in [-0.2, -0.15) is 0 Å². The number of anilines is 1. The third-order valence-corrected chi connectivity index (χ3v) is 8.28. The van der Waals surface area contributed by atoms with Gasteiger partial charge in [0.05, 0.1) is 10.8 Å². The van der Waals surface area contributed by atoms with Gasteiger partial charge < -0.3 is 9.30 Å². The second-order valence-electron chi connectivity index (χ2n) is 9.31. The first-order chi connectivity index (χ1) is 17.4. The summed E-state index contributed by atoms with van der Waals surface area (Å²) in [6.45, 7) is 1.93. The minimum atomic E-state index is -3.71. The van der Waals surface area contributed by atoms with E-state index in [4.69, 9.17) is 4.74 Å². The zero-order chi connectivity index (χ0) is 24.9.